The Morgan fingerprint density at radius 3 is 2.64 bits per heavy atom. The summed E-state index contributed by atoms with van der Waals surface area (Å²) in [5, 5.41) is 3.63. The highest BCUT2D eigenvalue weighted by molar-refractivity contribution is 6.44. The predicted molar refractivity (Wildman–Crippen MR) is 89.4 cm³/mol. The van der Waals surface area contributed by atoms with Gasteiger partial charge in [0.15, 0.2) is 0 Å². The zero-order valence-electron chi connectivity index (χ0n) is 11.4. The minimum atomic E-state index is -0.373. The van der Waals surface area contributed by atoms with Crippen molar-refractivity contribution in [2.75, 3.05) is 5.32 Å². The third-order valence-corrected chi connectivity index (χ3v) is 4.14. The van der Waals surface area contributed by atoms with Gasteiger partial charge in [0.25, 0.3) is 5.91 Å². The number of aromatic nitrogens is 2. The smallest absolute Gasteiger partial charge is 0.275 e. The van der Waals surface area contributed by atoms with Gasteiger partial charge in [0.2, 0.25) is 0 Å². The van der Waals surface area contributed by atoms with Crippen molar-refractivity contribution < 1.29 is 4.79 Å². The lowest BCUT2D eigenvalue weighted by Crippen LogP contribution is -2.12. The molecule has 0 unspecified atom stereocenters. The number of nitrogens with zero attached hydrogens (tertiary/aromatic N) is 2. The van der Waals surface area contributed by atoms with E-state index < -0.39 is 0 Å². The van der Waals surface area contributed by atoms with E-state index in [1.807, 2.05) is 25.3 Å². The van der Waals surface area contributed by atoms with Gasteiger partial charge in [-0.2, -0.15) is 0 Å². The fourth-order valence-corrected chi connectivity index (χ4v) is 2.59. The number of anilines is 1. The van der Waals surface area contributed by atoms with Crippen LogP contribution in [0.5, 0.6) is 0 Å². The number of amides is 1. The van der Waals surface area contributed by atoms with Crippen LogP contribution in [-0.2, 0) is 0 Å². The number of fused-ring (bicyclic) bond motifs is 1. The number of imidazole rings is 1. The van der Waals surface area contributed by atoms with E-state index in [2.05, 4.69) is 10.3 Å². The highest BCUT2D eigenvalue weighted by Gasteiger charge is 2.14. The number of benzene rings is 1. The van der Waals surface area contributed by atoms with Gasteiger partial charge in [-0.3, -0.25) is 4.79 Å². The molecule has 1 N–H and O–H groups in total. The monoisotopic (exact) mass is 353 g/mol. The maximum Gasteiger partial charge on any atom is 0.275 e. The van der Waals surface area contributed by atoms with E-state index in [0.717, 1.165) is 5.56 Å². The van der Waals surface area contributed by atoms with E-state index in [1.54, 1.807) is 10.6 Å². The third-order valence-electron chi connectivity index (χ3n) is 3.11. The molecule has 3 rings (SSSR count). The van der Waals surface area contributed by atoms with Crippen LogP contribution >= 0.6 is 34.8 Å². The van der Waals surface area contributed by atoms with Crippen LogP contribution in [0, 0.1) is 6.92 Å². The molecular formula is C15H10Cl3N3O. The maximum atomic E-state index is 12.3. The summed E-state index contributed by atoms with van der Waals surface area (Å²) >= 11 is 17.8. The number of aryl methyl sites for hydroxylation is 1. The minimum absolute atomic E-state index is 0.285. The SMILES string of the molecule is Cc1ccn2cc(C(=O)Nc3cc(Cl)c(Cl)cc3Cl)nc2c1. The van der Waals surface area contributed by atoms with Crippen molar-refractivity contribution in [2.45, 2.75) is 6.92 Å². The lowest BCUT2D eigenvalue weighted by atomic mass is 10.3. The number of carbonyl (C=O) groups excluding carboxylic acids is 1. The molecule has 112 valence electrons. The maximum absolute atomic E-state index is 12.3. The quantitative estimate of drug-likeness (QED) is 0.668. The van der Waals surface area contributed by atoms with Crippen LogP contribution < -0.4 is 5.32 Å². The third kappa shape index (κ3) is 2.90. The first-order valence-electron chi connectivity index (χ1n) is 6.35. The van der Waals surface area contributed by atoms with Crippen molar-refractivity contribution >= 4 is 52.0 Å². The highest BCUT2D eigenvalue weighted by atomic mass is 35.5. The van der Waals surface area contributed by atoms with Gasteiger partial charge in [-0.1, -0.05) is 34.8 Å². The van der Waals surface area contributed by atoms with Crippen molar-refractivity contribution in [3.8, 4) is 0 Å². The molecule has 1 aromatic carbocycles. The average Bonchev–Trinajstić information content (AvgIpc) is 2.87. The Hall–Kier alpha value is -1.75. The van der Waals surface area contributed by atoms with Gasteiger partial charge >= 0.3 is 0 Å². The first kappa shape index (κ1) is 15.2. The summed E-state index contributed by atoms with van der Waals surface area (Å²) in [6, 6.07) is 6.81. The Morgan fingerprint density at radius 1 is 1.14 bits per heavy atom. The molecule has 0 radical (unpaired) electrons. The van der Waals surface area contributed by atoms with E-state index >= 15 is 0 Å². The van der Waals surface area contributed by atoms with Crippen LogP contribution in [0.1, 0.15) is 16.1 Å². The topological polar surface area (TPSA) is 46.4 Å². The number of carbonyl (C=O) groups is 1. The number of hydrogen-bond acceptors (Lipinski definition) is 2. The zero-order chi connectivity index (χ0) is 15.9. The first-order valence-corrected chi connectivity index (χ1v) is 7.48. The van der Waals surface area contributed by atoms with Gasteiger partial charge in [0.05, 0.1) is 20.8 Å². The number of pyridine rings is 1. The zero-order valence-corrected chi connectivity index (χ0v) is 13.7. The van der Waals surface area contributed by atoms with Crippen molar-refractivity contribution in [1.82, 2.24) is 9.38 Å². The molecule has 0 saturated heterocycles. The molecule has 0 aliphatic heterocycles. The Labute approximate surface area is 141 Å². The molecule has 0 bridgehead atoms. The predicted octanol–water partition coefficient (Wildman–Crippen LogP) is 4.86. The summed E-state index contributed by atoms with van der Waals surface area (Å²) in [5.74, 6) is -0.373. The lowest BCUT2D eigenvalue weighted by Gasteiger charge is -2.07. The summed E-state index contributed by atoms with van der Waals surface area (Å²) in [4.78, 5) is 16.6. The number of hydrogen-bond donors (Lipinski definition) is 1. The molecule has 0 saturated carbocycles. The summed E-state index contributed by atoms with van der Waals surface area (Å²) < 4.78 is 1.78. The van der Waals surface area contributed by atoms with Gasteiger partial charge in [0, 0.05) is 12.4 Å². The number of halogens is 3. The van der Waals surface area contributed by atoms with E-state index in [-0.39, 0.29) is 11.6 Å². The molecule has 0 atom stereocenters. The Kier molecular flexibility index (Phi) is 4.00. The van der Waals surface area contributed by atoms with Crippen LogP contribution in [0.3, 0.4) is 0 Å². The molecule has 1 amide bonds. The van der Waals surface area contributed by atoms with Gasteiger partial charge in [0.1, 0.15) is 11.3 Å². The van der Waals surface area contributed by atoms with E-state index in [1.165, 1.54) is 12.1 Å². The summed E-state index contributed by atoms with van der Waals surface area (Å²) in [7, 11) is 0. The van der Waals surface area contributed by atoms with E-state index in [4.69, 9.17) is 34.8 Å². The molecule has 4 nitrogen and oxygen atoms in total. The molecule has 3 aromatic rings. The second-order valence-corrected chi connectivity index (χ2v) is 6.02. The molecule has 22 heavy (non-hydrogen) atoms. The van der Waals surface area contributed by atoms with Crippen molar-refractivity contribution in [1.29, 1.82) is 0 Å². The first-order chi connectivity index (χ1) is 10.4. The second kappa shape index (κ2) is 5.80. The largest absolute Gasteiger partial charge is 0.319 e. The molecule has 7 heteroatoms. The molecule has 2 aromatic heterocycles. The van der Waals surface area contributed by atoms with Crippen LogP contribution in [0.4, 0.5) is 5.69 Å². The molecule has 0 spiro atoms. The Morgan fingerprint density at radius 2 is 1.86 bits per heavy atom. The normalized spacial score (nSPS) is 10.9. The summed E-state index contributed by atoms with van der Waals surface area (Å²) in [6.07, 6.45) is 3.50. The molecule has 2 heterocycles. The van der Waals surface area contributed by atoms with Gasteiger partial charge in [-0.25, -0.2) is 4.98 Å². The Bertz CT molecular complexity index is 889. The molecule has 0 aliphatic rings. The highest BCUT2D eigenvalue weighted by Crippen LogP contribution is 2.32. The van der Waals surface area contributed by atoms with Crippen LogP contribution in [0.15, 0.2) is 36.7 Å². The van der Waals surface area contributed by atoms with Crippen molar-refractivity contribution in [3.05, 3.63) is 63.0 Å². The van der Waals surface area contributed by atoms with Crippen molar-refractivity contribution in [3.63, 3.8) is 0 Å². The molecular weight excluding hydrogens is 345 g/mol. The van der Waals surface area contributed by atoms with Crippen LogP contribution in [-0.4, -0.2) is 15.3 Å². The van der Waals surface area contributed by atoms with Gasteiger partial charge < -0.3 is 9.72 Å². The Balaban J connectivity index is 1.91. The van der Waals surface area contributed by atoms with Gasteiger partial charge in [-0.05, 0) is 36.8 Å². The summed E-state index contributed by atoms with van der Waals surface area (Å²) in [5.41, 5.74) is 2.44. The lowest BCUT2D eigenvalue weighted by molar-refractivity contribution is 0.102. The number of rotatable bonds is 2. The molecule has 0 fully saturated rings. The van der Waals surface area contributed by atoms with Gasteiger partial charge in [-0.15, -0.1) is 0 Å². The fraction of sp³-hybridized carbons (Fsp3) is 0.0667. The minimum Gasteiger partial charge on any atom is -0.319 e. The van der Waals surface area contributed by atoms with Crippen LogP contribution in [0.25, 0.3) is 5.65 Å². The fourth-order valence-electron chi connectivity index (χ4n) is 2.00. The molecule has 0 aliphatic carbocycles. The summed E-state index contributed by atoms with van der Waals surface area (Å²) in [6.45, 7) is 1.96. The van der Waals surface area contributed by atoms with Crippen LogP contribution in [0.2, 0.25) is 15.1 Å². The second-order valence-electron chi connectivity index (χ2n) is 4.80. The standard InChI is InChI=1S/C15H10Cl3N3O/c1-8-2-3-21-7-13(19-14(21)4-8)15(22)20-12-6-10(17)9(16)5-11(12)18/h2-7H,1H3,(H,20,22). The van der Waals surface area contributed by atoms with E-state index in [9.17, 15) is 4.79 Å². The van der Waals surface area contributed by atoms with Crippen molar-refractivity contribution in [2.24, 2.45) is 0 Å². The van der Waals surface area contributed by atoms with E-state index in [0.29, 0.717) is 26.4 Å². The average molecular weight is 355 g/mol. The number of nitrogens with one attached hydrogen (secondary N) is 1.